The molecule has 0 saturated carbocycles. The fourth-order valence-corrected chi connectivity index (χ4v) is 2.70. The molecule has 1 unspecified atom stereocenters. The summed E-state index contributed by atoms with van der Waals surface area (Å²) in [5.74, 6) is 0.571. The van der Waals surface area contributed by atoms with Crippen LogP contribution in [0.25, 0.3) is 0 Å². The molecule has 1 heterocycles. The molecular formula is C19H30N2. The SMILES string of the molecule is CC1=CCN(Cc2ccc(C(C)CNC(C)C)cc2)CC1. The fraction of sp³-hybridized carbons (Fsp3) is 0.579. The fourth-order valence-electron chi connectivity index (χ4n) is 2.70. The van der Waals surface area contributed by atoms with Crippen LogP contribution in [0.4, 0.5) is 0 Å². The maximum absolute atomic E-state index is 3.51. The van der Waals surface area contributed by atoms with E-state index >= 15 is 0 Å². The first-order valence-electron chi connectivity index (χ1n) is 8.25. The Morgan fingerprint density at radius 2 is 1.86 bits per heavy atom. The highest BCUT2D eigenvalue weighted by atomic mass is 15.1. The summed E-state index contributed by atoms with van der Waals surface area (Å²) in [5, 5.41) is 3.51. The van der Waals surface area contributed by atoms with Crippen molar-refractivity contribution in [2.75, 3.05) is 19.6 Å². The first kappa shape index (κ1) is 16.3. The maximum Gasteiger partial charge on any atom is 0.0237 e. The van der Waals surface area contributed by atoms with Crippen LogP contribution in [0.3, 0.4) is 0 Å². The molecule has 1 aliphatic rings. The Hall–Kier alpha value is -1.12. The van der Waals surface area contributed by atoms with Crippen molar-refractivity contribution in [1.82, 2.24) is 10.2 Å². The molecule has 0 fully saturated rings. The van der Waals surface area contributed by atoms with Gasteiger partial charge in [0.25, 0.3) is 0 Å². The minimum atomic E-state index is 0.558. The van der Waals surface area contributed by atoms with Crippen molar-refractivity contribution >= 4 is 0 Å². The van der Waals surface area contributed by atoms with Crippen LogP contribution in [-0.4, -0.2) is 30.6 Å². The van der Waals surface area contributed by atoms with E-state index in [1.807, 2.05) is 0 Å². The average Bonchev–Trinajstić information content (AvgIpc) is 2.48. The summed E-state index contributed by atoms with van der Waals surface area (Å²) in [5.41, 5.74) is 4.39. The second-order valence-corrected chi connectivity index (χ2v) is 6.74. The van der Waals surface area contributed by atoms with Gasteiger partial charge in [-0.2, -0.15) is 0 Å². The summed E-state index contributed by atoms with van der Waals surface area (Å²) in [7, 11) is 0. The molecule has 0 aromatic heterocycles. The smallest absolute Gasteiger partial charge is 0.0237 e. The van der Waals surface area contributed by atoms with Crippen molar-refractivity contribution in [3.05, 3.63) is 47.0 Å². The Morgan fingerprint density at radius 1 is 1.14 bits per heavy atom. The number of nitrogens with zero attached hydrogens (tertiary/aromatic N) is 1. The lowest BCUT2D eigenvalue weighted by Gasteiger charge is -2.25. The molecule has 0 aliphatic carbocycles. The minimum Gasteiger partial charge on any atom is -0.314 e. The molecule has 2 nitrogen and oxygen atoms in total. The van der Waals surface area contributed by atoms with Gasteiger partial charge < -0.3 is 5.32 Å². The van der Waals surface area contributed by atoms with Gasteiger partial charge in [0.05, 0.1) is 0 Å². The molecule has 1 atom stereocenters. The molecule has 1 aliphatic heterocycles. The molecule has 1 aromatic rings. The Kier molecular flexibility index (Phi) is 6.01. The highest BCUT2D eigenvalue weighted by molar-refractivity contribution is 5.25. The van der Waals surface area contributed by atoms with Crippen molar-refractivity contribution in [2.45, 2.75) is 52.6 Å². The molecule has 1 aromatic carbocycles. The van der Waals surface area contributed by atoms with E-state index in [1.165, 1.54) is 29.7 Å². The molecule has 0 bridgehead atoms. The minimum absolute atomic E-state index is 0.558. The standard InChI is InChI=1S/C19H30N2/c1-15(2)20-13-17(4)19-7-5-18(6-8-19)14-21-11-9-16(3)10-12-21/h5-9,15,17,20H,10-14H2,1-4H3. The number of hydrogen-bond donors (Lipinski definition) is 1. The molecule has 0 spiro atoms. The summed E-state index contributed by atoms with van der Waals surface area (Å²) in [6.45, 7) is 13.3. The number of rotatable bonds is 6. The van der Waals surface area contributed by atoms with Crippen LogP contribution < -0.4 is 5.32 Å². The zero-order valence-corrected chi connectivity index (χ0v) is 14.0. The van der Waals surface area contributed by atoms with Gasteiger partial charge in [-0.15, -0.1) is 0 Å². The van der Waals surface area contributed by atoms with Crippen LogP contribution in [0.2, 0.25) is 0 Å². The van der Waals surface area contributed by atoms with E-state index in [2.05, 4.69) is 68.3 Å². The molecule has 116 valence electrons. The Morgan fingerprint density at radius 3 is 2.43 bits per heavy atom. The molecule has 0 saturated heterocycles. The zero-order chi connectivity index (χ0) is 15.2. The van der Waals surface area contributed by atoms with Gasteiger partial charge in [0.15, 0.2) is 0 Å². The Bertz CT molecular complexity index is 459. The van der Waals surface area contributed by atoms with E-state index in [0.717, 1.165) is 19.6 Å². The number of benzene rings is 1. The molecule has 0 amide bonds. The summed E-state index contributed by atoms with van der Waals surface area (Å²) in [4.78, 5) is 2.52. The number of hydrogen-bond acceptors (Lipinski definition) is 2. The highest BCUT2D eigenvalue weighted by Gasteiger charge is 2.10. The van der Waals surface area contributed by atoms with Gasteiger partial charge in [-0.1, -0.05) is 56.7 Å². The van der Waals surface area contributed by atoms with Crippen LogP contribution in [0.5, 0.6) is 0 Å². The zero-order valence-electron chi connectivity index (χ0n) is 14.0. The van der Waals surface area contributed by atoms with Gasteiger partial charge in [-0.25, -0.2) is 0 Å². The predicted octanol–water partition coefficient (Wildman–Crippen LogP) is 3.94. The van der Waals surface area contributed by atoms with Crippen molar-refractivity contribution in [1.29, 1.82) is 0 Å². The molecule has 1 N–H and O–H groups in total. The van der Waals surface area contributed by atoms with Gasteiger partial charge in [0, 0.05) is 32.2 Å². The molecule has 21 heavy (non-hydrogen) atoms. The van der Waals surface area contributed by atoms with Crippen LogP contribution in [-0.2, 0) is 6.54 Å². The van der Waals surface area contributed by atoms with Crippen LogP contribution >= 0.6 is 0 Å². The highest BCUT2D eigenvalue weighted by Crippen LogP contribution is 2.17. The maximum atomic E-state index is 3.51. The summed E-state index contributed by atoms with van der Waals surface area (Å²) >= 11 is 0. The molecule has 2 heteroatoms. The molecule has 2 rings (SSSR count). The lowest BCUT2D eigenvalue weighted by Crippen LogP contribution is -2.28. The molecular weight excluding hydrogens is 256 g/mol. The Balaban J connectivity index is 1.87. The first-order chi connectivity index (χ1) is 10.0. The second-order valence-electron chi connectivity index (χ2n) is 6.74. The van der Waals surface area contributed by atoms with E-state index in [-0.39, 0.29) is 0 Å². The normalized spacial score (nSPS) is 17.9. The van der Waals surface area contributed by atoms with Crippen LogP contribution in [0.1, 0.15) is 51.2 Å². The van der Waals surface area contributed by atoms with Gasteiger partial charge >= 0.3 is 0 Å². The summed E-state index contributed by atoms with van der Waals surface area (Å²) < 4.78 is 0. The van der Waals surface area contributed by atoms with Crippen molar-refractivity contribution in [2.24, 2.45) is 0 Å². The van der Waals surface area contributed by atoms with Gasteiger partial charge in [-0.3, -0.25) is 4.90 Å². The van der Waals surface area contributed by atoms with E-state index in [9.17, 15) is 0 Å². The summed E-state index contributed by atoms with van der Waals surface area (Å²) in [6.07, 6.45) is 3.58. The molecule has 0 radical (unpaired) electrons. The van der Waals surface area contributed by atoms with Gasteiger partial charge in [-0.05, 0) is 30.4 Å². The first-order valence-corrected chi connectivity index (χ1v) is 8.25. The van der Waals surface area contributed by atoms with Gasteiger partial charge in [0.2, 0.25) is 0 Å². The third-order valence-electron chi connectivity index (χ3n) is 4.31. The van der Waals surface area contributed by atoms with E-state index in [0.29, 0.717) is 12.0 Å². The monoisotopic (exact) mass is 286 g/mol. The topological polar surface area (TPSA) is 15.3 Å². The van der Waals surface area contributed by atoms with Crippen molar-refractivity contribution in [3.8, 4) is 0 Å². The van der Waals surface area contributed by atoms with Crippen LogP contribution in [0.15, 0.2) is 35.9 Å². The summed E-state index contributed by atoms with van der Waals surface area (Å²) in [6, 6.07) is 9.75. The third-order valence-corrected chi connectivity index (χ3v) is 4.31. The van der Waals surface area contributed by atoms with Crippen molar-refractivity contribution in [3.63, 3.8) is 0 Å². The van der Waals surface area contributed by atoms with E-state index in [1.54, 1.807) is 0 Å². The lowest BCUT2D eigenvalue weighted by molar-refractivity contribution is 0.286. The average molecular weight is 286 g/mol. The second kappa shape index (κ2) is 7.77. The lowest BCUT2D eigenvalue weighted by atomic mass is 9.99. The van der Waals surface area contributed by atoms with E-state index in [4.69, 9.17) is 0 Å². The van der Waals surface area contributed by atoms with Crippen LogP contribution in [0, 0.1) is 0 Å². The third kappa shape index (κ3) is 5.29. The van der Waals surface area contributed by atoms with Gasteiger partial charge in [0.1, 0.15) is 0 Å². The largest absolute Gasteiger partial charge is 0.314 e. The quantitative estimate of drug-likeness (QED) is 0.797. The van der Waals surface area contributed by atoms with E-state index < -0.39 is 0 Å². The number of nitrogens with one attached hydrogen (secondary N) is 1. The van der Waals surface area contributed by atoms with Crippen molar-refractivity contribution < 1.29 is 0 Å². The predicted molar refractivity (Wildman–Crippen MR) is 91.6 cm³/mol. The Labute approximate surface area is 130 Å².